The highest BCUT2D eigenvalue weighted by atomic mass is 16.6. The molecule has 0 spiro atoms. The van der Waals surface area contributed by atoms with Gasteiger partial charge in [-0.1, -0.05) is 6.58 Å². The van der Waals surface area contributed by atoms with Crippen molar-refractivity contribution < 1.29 is 19.0 Å². The first-order valence-electron chi connectivity index (χ1n) is 6.24. The van der Waals surface area contributed by atoms with Crippen LogP contribution in [0.15, 0.2) is 12.2 Å². The Morgan fingerprint density at radius 3 is 2.17 bits per heavy atom. The Hall–Kier alpha value is -0.870. The summed E-state index contributed by atoms with van der Waals surface area (Å²) in [6.45, 7) is 15.5. The van der Waals surface area contributed by atoms with Crippen molar-refractivity contribution in [2.75, 3.05) is 13.2 Å². The molecule has 4 nitrogen and oxygen atoms in total. The van der Waals surface area contributed by atoms with Gasteiger partial charge >= 0.3 is 5.97 Å². The Morgan fingerprint density at radius 1 is 1.22 bits per heavy atom. The highest BCUT2D eigenvalue weighted by Gasteiger charge is 2.19. The van der Waals surface area contributed by atoms with E-state index in [1.807, 2.05) is 34.6 Å². The van der Waals surface area contributed by atoms with Crippen LogP contribution in [0.5, 0.6) is 0 Å². The second-order valence-electron chi connectivity index (χ2n) is 5.61. The Morgan fingerprint density at radius 2 is 1.78 bits per heavy atom. The molecule has 0 aromatic rings. The fraction of sp³-hybridized carbons (Fsp3) is 0.786. The molecule has 0 heterocycles. The van der Waals surface area contributed by atoms with Crippen molar-refractivity contribution in [3.05, 3.63) is 12.2 Å². The smallest absolute Gasteiger partial charge is 0.333 e. The van der Waals surface area contributed by atoms with Crippen molar-refractivity contribution in [1.29, 1.82) is 0 Å². The molecule has 0 rings (SSSR count). The molecule has 0 saturated heterocycles. The topological polar surface area (TPSA) is 44.8 Å². The second kappa shape index (κ2) is 7.54. The molecule has 0 saturated carbocycles. The molecule has 0 radical (unpaired) electrons. The van der Waals surface area contributed by atoms with Crippen molar-refractivity contribution >= 4 is 5.97 Å². The lowest BCUT2D eigenvalue weighted by atomic mass is 10.2. The molecule has 0 aromatic heterocycles. The lowest BCUT2D eigenvalue weighted by molar-refractivity contribution is -0.150. The molecule has 18 heavy (non-hydrogen) atoms. The van der Waals surface area contributed by atoms with Crippen molar-refractivity contribution in [3.8, 4) is 0 Å². The van der Waals surface area contributed by atoms with E-state index >= 15 is 0 Å². The Balaban J connectivity index is 4.23. The van der Waals surface area contributed by atoms with Gasteiger partial charge < -0.3 is 14.2 Å². The maximum atomic E-state index is 11.3. The third kappa shape index (κ3) is 9.19. The van der Waals surface area contributed by atoms with Crippen LogP contribution in [-0.2, 0) is 19.0 Å². The van der Waals surface area contributed by atoms with Gasteiger partial charge in [0.25, 0.3) is 0 Å². The first-order chi connectivity index (χ1) is 8.11. The summed E-state index contributed by atoms with van der Waals surface area (Å²) in [5.74, 6) is -0.400. The van der Waals surface area contributed by atoms with Crippen LogP contribution < -0.4 is 0 Å². The van der Waals surface area contributed by atoms with Gasteiger partial charge in [0.15, 0.2) is 0 Å². The van der Waals surface area contributed by atoms with E-state index in [1.54, 1.807) is 6.92 Å². The summed E-state index contributed by atoms with van der Waals surface area (Å²) in [5.41, 5.74) is 0.145. The van der Waals surface area contributed by atoms with Gasteiger partial charge in [-0.2, -0.15) is 0 Å². The normalized spacial score (nSPS) is 13.5. The number of carbonyl (C=O) groups excluding carboxylic acids is 1. The van der Waals surface area contributed by atoms with E-state index in [-0.39, 0.29) is 24.4 Å². The summed E-state index contributed by atoms with van der Waals surface area (Å²) in [6.07, 6.45) is -0.199. The van der Waals surface area contributed by atoms with E-state index in [0.717, 1.165) is 0 Å². The first kappa shape index (κ1) is 17.1. The minimum Gasteiger partial charge on any atom is -0.459 e. The van der Waals surface area contributed by atoms with E-state index in [4.69, 9.17) is 14.2 Å². The van der Waals surface area contributed by atoms with Crippen LogP contribution in [0.25, 0.3) is 0 Å². The van der Waals surface area contributed by atoms with E-state index in [1.165, 1.54) is 0 Å². The average Bonchev–Trinajstić information content (AvgIpc) is 2.19. The predicted octanol–water partition coefficient (Wildman–Crippen LogP) is 2.71. The lowest BCUT2D eigenvalue weighted by Crippen LogP contribution is -2.33. The van der Waals surface area contributed by atoms with Crippen molar-refractivity contribution in [1.82, 2.24) is 0 Å². The molecule has 0 aromatic carbocycles. The third-order valence-electron chi connectivity index (χ3n) is 1.92. The summed E-state index contributed by atoms with van der Waals surface area (Å²) in [4.78, 5) is 11.3. The maximum Gasteiger partial charge on any atom is 0.333 e. The molecule has 0 bridgehead atoms. The predicted molar refractivity (Wildman–Crippen MR) is 71.5 cm³/mol. The SMILES string of the molecule is C=C(C)C(=O)OCC(COC(C)(C)C)OC(C)C. The number of hydrogen-bond donors (Lipinski definition) is 0. The summed E-state index contributed by atoms with van der Waals surface area (Å²) < 4.78 is 16.4. The summed E-state index contributed by atoms with van der Waals surface area (Å²) in [5, 5.41) is 0. The monoisotopic (exact) mass is 258 g/mol. The highest BCUT2D eigenvalue weighted by Crippen LogP contribution is 2.10. The van der Waals surface area contributed by atoms with Gasteiger partial charge in [-0.15, -0.1) is 0 Å². The molecule has 1 unspecified atom stereocenters. The molecule has 0 N–H and O–H groups in total. The molecule has 0 fully saturated rings. The number of ether oxygens (including phenoxy) is 3. The molecule has 0 aliphatic heterocycles. The molecule has 106 valence electrons. The van der Waals surface area contributed by atoms with Crippen LogP contribution in [0.2, 0.25) is 0 Å². The van der Waals surface area contributed by atoms with Gasteiger partial charge in [0.1, 0.15) is 12.7 Å². The number of esters is 1. The van der Waals surface area contributed by atoms with Crippen molar-refractivity contribution in [2.45, 2.75) is 59.4 Å². The third-order valence-corrected chi connectivity index (χ3v) is 1.92. The number of rotatable bonds is 7. The fourth-order valence-electron chi connectivity index (χ4n) is 1.15. The van der Waals surface area contributed by atoms with Crippen LogP contribution in [0, 0.1) is 0 Å². The minimum atomic E-state index is -0.400. The highest BCUT2D eigenvalue weighted by molar-refractivity contribution is 5.86. The Bertz CT molecular complexity index is 276. The Labute approximate surface area is 110 Å². The first-order valence-corrected chi connectivity index (χ1v) is 6.24. The molecule has 0 amide bonds. The van der Waals surface area contributed by atoms with Gasteiger partial charge in [0.05, 0.1) is 18.3 Å². The molecular formula is C14H26O4. The van der Waals surface area contributed by atoms with E-state index in [2.05, 4.69) is 6.58 Å². The zero-order chi connectivity index (χ0) is 14.3. The molecule has 1 atom stereocenters. The summed E-state index contributed by atoms with van der Waals surface area (Å²) in [6, 6.07) is 0. The largest absolute Gasteiger partial charge is 0.459 e. The summed E-state index contributed by atoms with van der Waals surface area (Å²) in [7, 11) is 0. The van der Waals surface area contributed by atoms with Crippen molar-refractivity contribution in [2.24, 2.45) is 0 Å². The van der Waals surface area contributed by atoms with E-state index in [0.29, 0.717) is 12.2 Å². The van der Waals surface area contributed by atoms with Gasteiger partial charge in [-0.3, -0.25) is 0 Å². The van der Waals surface area contributed by atoms with Crippen LogP contribution >= 0.6 is 0 Å². The lowest BCUT2D eigenvalue weighted by Gasteiger charge is -2.25. The summed E-state index contributed by atoms with van der Waals surface area (Å²) >= 11 is 0. The Kier molecular flexibility index (Phi) is 7.18. The number of carbonyl (C=O) groups is 1. The second-order valence-corrected chi connectivity index (χ2v) is 5.61. The number of hydrogen-bond acceptors (Lipinski definition) is 4. The maximum absolute atomic E-state index is 11.3. The van der Waals surface area contributed by atoms with E-state index < -0.39 is 5.97 Å². The van der Waals surface area contributed by atoms with Gasteiger partial charge in [-0.25, -0.2) is 4.79 Å². The molecule has 4 heteroatoms. The minimum absolute atomic E-state index is 0.0575. The van der Waals surface area contributed by atoms with Crippen LogP contribution in [0.3, 0.4) is 0 Å². The van der Waals surface area contributed by atoms with E-state index in [9.17, 15) is 4.79 Å². The fourth-order valence-corrected chi connectivity index (χ4v) is 1.15. The standard InChI is InChI=1S/C14H26O4/c1-10(2)13(15)16-8-12(18-11(3)4)9-17-14(5,6)7/h11-12H,1,8-9H2,2-7H3. The van der Waals surface area contributed by atoms with Gasteiger partial charge in [0, 0.05) is 5.57 Å². The van der Waals surface area contributed by atoms with Crippen LogP contribution in [0.1, 0.15) is 41.5 Å². The molecular weight excluding hydrogens is 232 g/mol. The van der Waals surface area contributed by atoms with Gasteiger partial charge in [-0.05, 0) is 41.5 Å². The zero-order valence-corrected chi connectivity index (χ0v) is 12.4. The molecule has 0 aliphatic carbocycles. The van der Waals surface area contributed by atoms with Crippen LogP contribution in [-0.4, -0.2) is 37.0 Å². The molecule has 0 aliphatic rings. The average molecular weight is 258 g/mol. The van der Waals surface area contributed by atoms with Gasteiger partial charge in [0.2, 0.25) is 0 Å². The quantitative estimate of drug-likeness (QED) is 0.520. The van der Waals surface area contributed by atoms with Crippen molar-refractivity contribution in [3.63, 3.8) is 0 Å². The van der Waals surface area contributed by atoms with Crippen LogP contribution in [0.4, 0.5) is 0 Å². The zero-order valence-electron chi connectivity index (χ0n) is 12.4.